The number of hydrogen-bond acceptors (Lipinski definition) is 6. The summed E-state index contributed by atoms with van der Waals surface area (Å²) in [5, 5.41) is 31.8. The van der Waals surface area contributed by atoms with Crippen molar-refractivity contribution in [3.8, 4) is 39.6 Å². The van der Waals surface area contributed by atoms with Crippen LogP contribution in [0.25, 0.3) is 44.4 Å². The Hall–Kier alpha value is -5.08. The molecule has 0 aliphatic carbocycles. The van der Waals surface area contributed by atoms with Gasteiger partial charge in [-0.05, 0) is 78.4 Å². The number of fused-ring (bicyclic) bond motifs is 1. The zero-order chi connectivity index (χ0) is 32.1. The summed E-state index contributed by atoms with van der Waals surface area (Å²) in [6.07, 6.45) is 0. The summed E-state index contributed by atoms with van der Waals surface area (Å²) in [4.78, 5) is 11.9. The number of carboxylic acid groups (broad SMARTS) is 1. The highest BCUT2D eigenvalue weighted by Crippen LogP contribution is 2.45. The van der Waals surface area contributed by atoms with E-state index < -0.39 is 27.4 Å². The largest absolute Gasteiger partial charge is 0.479 e. The lowest BCUT2D eigenvalue weighted by Gasteiger charge is -2.18. The summed E-state index contributed by atoms with van der Waals surface area (Å²) in [5.74, 6) is -1.94. The first-order valence-corrected chi connectivity index (χ1v) is 16.1. The Morgan fingerprint density at radius 3 is 2.29 bits per heavy atom. The molecule has 7 nitrogen and oxygen atoms in total. The molecule has 4 aromatic carbocycles. The van der Waals surface area contributed by atoms with E-state index in [2.05, 4.69) is 6.07 Å². The number of nitriles is 1. The zero-order valence-corrected chi connectivity index (χ0v) is 25.7. The van der Waals surface area contributed by atoms with E-state index in [-0.39, 0.29) is 21.7 Å². The fraction of sp³-hybridized carbons (Fsp3) is 0.0857. The third kappa shape index (κ3) is 5.11. The molecule has 6 aromatic rings. The van der Waals surface area contributed by atoms with Gasteiger partial charge in [-0.3, -0.25) is 0 Å². The Morgan fingerprint density at radius 2 is 1.62 bits per heavy atom. The van der Waals surface area contributed by atoms with Crippen LogP contribution in [0.4, 0.5) is 4.39 Å². The number of halogens is 1. The lowest BCUT2D eigenvalue weighted by molar-refractivity contribution is -0.157. The normalized spacial score (nSPS) is 13.0. The molecule has 0 radical (unpaired) electrons. The van der Waals surface area contributed by atoms with Crippen molar-refractivity contribution in [3.05, 3.63) is 124 Å². The van der Waals surface area contributed by atoms with Gasteiger partial charge in [-0.1, -0.05) is 60.2 Å². The van der Waals surface area contributed by atoms with Gasteiger partial charge in [-0.25, -0.2) is 21.6 Å². The lowest BCUT2D eigenvalue weighted by Crippen LogP contribution is -2.31. The third-order valence-corrected chi connectivity index (χ3v) is 10.4. The predicted molar refractivity (Wildman–Crippen MR) is 172 cm³/mol. The van der Waals surface area contributed by atoms with Crippen molar-refractivity contribution in [3.63, 3.8) is 0 Å². The van der Waals surface area contributed by atoms with E-state index >= 15 is 0 Å². The first-order valence-electron chi connectivity index (χ1n) is 13.7. The van der Waals surface area contributed by atoms with Crippen LogP contribution >= 0.6 is 11.3 Å². The van der Waals surface area contributed by atoms with Crippen molar-refractivity contribution < 1.29 is 27.8 Å². The molecule has 1 atom stereocenters. The number of aliphatic carboxylic acids is 1. The number of carboxylic acids is 1. The van der Waals surface area contributed by atoms with E-state index in [1.54, 1.807) is 53.9 Å². The number of thiophene rings is 1. The van der Waals surface area contributed by atoms with Gasteiger partial charge in [0.2, 0.25) is 0 Å². The number of hydrogen-bond donors (Lipinski definition) is 2. The van der Waals surface area contributed by atoms with Crippen LogP contribution in [0.2, 0.25) is 0 Å². The highest BCUT2D eigenvalue weighted by Gasteiger charge is 2.32. The molecule has 0 bridgehead atoms. The van der Waals surface area contributed by atoms with Crippen LogP contribution in [-0.4, -0.2) is 28.6 Å². The average molecular weight is 637 g/mol. The summed E-state index contributed by atoms with van der Waals surface area (Å²) >= 11 is 1.21. The smallest absolute Gasteiger partial charge is 0.340 e. The van der Waals surface area contributed by atoms with Crippen LogP contribution in [0.1, 0.15) is 22.9 Å². The Balaban J connectivity index is 1.66. The van der Waals surface area contributed by atoms with Crippen molar-refractivity contribution in [1.29, 1.82) is 5.26 Å². The van der Waals surface area contributed by atoms with E-state index in [9.17, 15) is 33.1 Å². The highest BCUT2D eigenvalue weighted by molar-refractivity contribution is 7.90. The molecular formula is C35H25FN2O5S2. The highest BCUT2D eigenvalue weighted by atomic mass is 32.2. The number of rotatable bonds is 7. The van der Waals surface area contributed by atoms with Crippen LogP contribution in [0.15, 0.2) is 107 Å². The summed E-state index contributed by atoms with van der Waals surface area (Å²) in [5.41, 5.74) is 2.27. The number of aromatic nitrogens is 1. The van der Waals surface area contributed by atoms with Crippen molar-refractivity contribution in [2.75, 3.05) is 0 Å². The van der Waals surface area contributed by atoms with Crippen molar-refractivity contribution in [2.24, 2.45) is 0 Å². The van der Waals surface area contributed by atoms with E-state index in [1.165, 1.54) is 64.7 Å². The van der Waals surface area contributed by atoms with E-state index in [1.807, 2.05) is 13.0 Å². The Labute approximate surface area is 262 Å². The van der Waals surface area contributed by atoms with Crippen molar-refractivity contribution in [1.82, 2.24) is 3.97 Å². The van der Waals surface area contributed by atoms with E-state index in [4.69, 9.17) is 0 Å². The van der Waals surface area contributed by atoms with Crippen LogP contribution in [-0.2, 0) is 20.4 Å². The van der Waals surface area contributed by atoms with Gasteiger partial charge in [0, 0.05) is 22.1 Å². The molecule has 0 amide bonds. The van der Waals surface area contributed by atoms with Crippen LogP contribution in [0.5, 0.6) is 0 Å². The number of aliphatic hydroxyl groups is 1. The molecule has 2 N–H and O–H groups in total. The van der Waals surface area contributed by atoms with Gasteiger partial charge in [0.15, 0.2) is 5.60 Å². The lowest BCUT2D eigenvalue weighted by atomic mass is 9.93. The number of benzene rings is 4. The summed E-state index contributed by atoms with van der Waals surface area (Å²) in [6, 6.07) is 27.8. The zero-order valence-electron chi connectivity index (χ0n) is 24.0. The molecule has 224 valence electrons. The molecule has 6 rings (SSSR count). The Morgan fingerprint density at radius 1 is 0.933 bits per heavy atom. The molecule has 2 heterocycles. The number of nitrogens with zero attached hydrogens (tertiary/aromatic N) is 2. The minimum Gasteiger partial charge on any atom is -0.479 e. The third-order valence-electron chi connectivity index (χ3n) is 7.81. The molecule has 0 fully saturated rings. The second-order valence-electron chi connectivity index (χ2n) is 10.8. The van der Waals surface area contributed by atoms with Crippen LogP contribution < -0.4 is 0 Å². The number of carbonyl (C=O) groups is 1. The van der Waals surface area contributed by atoms with Gasteiger partial charge >= 0.3 is 5.97 Å². The Kier molecular flexibility index (Phi) is 7.41. The van der Waals surface area contributed by atoms with E-state index in [0.717, 1.165) is 5.56 Å². The molecule has 2 aromatic heterocycles. The van der Waals surface area contributed by atoms with Crippen LogP contribution in [0.3, 0.4) is 0 Å². The Bertz CT molecular complexity index is 2260. The predicted octanol–water partition coefficient (Wildman–Crippen LogP) is 7.55. The van der Waals surface area contributed by atoms with Crippen LogP contribution in [0, 0.1) is 24.1 Å². The van der Waals surface area contributed by atoms with Gasteiger partial charge in [0.25, 0.3) is 10.0 Å². The quantitative estimate of drug-likeness (QED) is 0.187. The minimum atomic E-state index is -4.24. The SMILES string of the molecule is Cc1ccc(S(=O)(=O)n2c(-c3cccc(-c4ccc(C(C)(O)C(=O)O)cc4)c3)c(-c3ccsc3C#N)c3cc(F)ccc32)cc1. The molecule has 0 saturated heterocycles. The standard InChI is InChI=1S/C35H25FN2O5S2/c1-21-6-13-27(14-7-21)45(42,43)38-30-15-12-26(36)19-29(30)32(28-16-17-44-31(28)20-37)33(38)24-5-3-4-23(18-24)22-8-10-25(11-9-22)35(2,41)34(39)40/h3-19,41H,1-2H3,(H,39,40). The van der Waals surface area contributed by atoms with Crippen molar-refractivity contribution >= 4 is 38.2 Å². The minimum absolute atomic E-state index is 0.0465. The van der Waals surface area contributed by atoms with Gasteiger partial charge < -0.3 is 10.2 Å². The van der Waals surface area contributed by atoms with E-state index in [0.29, 0.717) is 38.1 Å². The maximum atomic E-state index is 14.8. The first kappa shape index (κ1) is 30.0. The topological polar surface area (TPSA) is 120 Å². The molecule has 0 spiro atoms. The molecule has 0 aliphatic rings. The molecule has 45 heavy (non-hydrogen) atoms. The summed E-state index contributed by atoms with van der Waals surface area (Å²) in [6.45, 7) is 3.05. The second-order valence-corrected chi connectivity index (χ2v) is 13.5. The summed E-state index contributed by atoms with van der Waals surface area (Å²) < 4.78 is 44.9. The molecule has 0 saturated carbocycles. The van der Waals surface area contributed by atoms with Gasteiger partial charge in [0.05, 0.1) is 16.1 Å². The molecule has 0 aliphatic heterocycles. The maximum Gasteiger partial charge on any atom is 0.340 e. The fourth-order valence-electron chi connectivity index (χ4n) is 5.38. The summed E-state index contributed by atoms with van der Waals surface area (Å²) in [7, 11) is -4.24. The first-order chi connectivity index (χ1) is 21.4. The van der Waals surface area contributed by atoms with Gasteiger partial charge in [0.1, 0.15) is 16.8 Å². The monoisotopic (exact) mass is 636 g/mol. The van der Waals surface area contributed by atoms with Crippen molar-refractivity contribution in [2.45, 2.75) is 24.3 Å². The fourth-order valence-corrected chi connectivity index (χ4v) is 7.62. The second kappa shape index (κ2) is 11.1. The van der Waals surface area contributed by atoms with Gasteiger partial charge in [-0.15, -0.1) is 11.3 Å². The molecular weight excluding hydrogens is 612 g/mol. The number of aryl methyl sites for hydroxylation is 1. The van der Waals surface area contributed by atoms with Gasteiger partial charge in [-0.2, -0.15) is 5.26 Å². The molecule has 10 heteroatoms. The maximum absolute atomic E-state index is 14.8. The molecule has 1 unspecified atom stereocenters. The average Bonchev–Trinajstić information content (AvgIpc) is 3.63.